The summed E-state index contributed by atoms with van der Waals surface area (Å²) in [5, 5.41) is 3.29. The van der Waals surface area contributed by atoms with E-state index in [1.165, 1.54) is 0 Å². The number of benzene rings is 1. The van der Waals surface area contributed by atoms with Gasteiger partial charge in [0.25, 0.3) is 0 Å². The molecule has 2 aliphatic heterocycles. The molecule has 3 rings (SSSR count). The highest BCUT2D eigenvalue weighted by Gasteiger charge is 2.43. The molecule has 1 aromatic rings. The lowest BCUT2D eigenvalue weighted by Crippen LogP contribution is -2.39. The molecule has 1 aromatic carbocycles. The van der Waals surface area contributed by atoms with Crippen molar-refractivity contribution in [1.82, 2.24) is 9.62 Å². The number of aryl methyl sites for hydroxylation is 2. The lowest BCUT2D eigenvalue weighted by molar-refractivity contribution is 0.383. The van der Waals surface area contributed by atoms with E-state index >= 15 is 0 Å². The zero-order chi connectivity index (χ0) is 13.6. The van der Waals surface area contributed by atoms with Gasteiger partial charge in [0, 0.05) is 19.1 Å². The molecule has 0 radical (unpaired) electrons. The molecule has 2 aliphatic rings. The van der Waals surface area contributed by atoms with Gasteiger partial charge in [-0.15, -0.1) is 0 Å². The third kappa shape index (κ3) is 2.10. The monoisotopic (exact) mass is 280 g/mol. The zero-order valence-corrected chi connectivity index (χ0v) is 12.2. The lowest BCUT2D eigenvalue weighted by atomic mass is 10.1. The highest BCUT2D eigenvalue weighted by Crippen LogP contribution is 2.32. The number of nitrogens with one attached hydrogen (secondary N) is 1. The van der Waals surface area contributed by atoms with Crippen molar-refractivity contribution >= 4 is 10.0 Å². The normalized spacial score (nSPS) is 27.7. The first-order valence-corrected chi connectivity index (χ1v) is 8.24. The van der Waals surface area contributed by atoms with E-state index in [0.29, 0.717) is 17.4 Å². The number of hydrogen-bond donors (Lipinski definition) is 1. The number of fused-ring (bicyclic) bond motifs is 1. The fourth-order valence-corrected chi connectivity index (χ4v) is 4.90. The van der Waals surface area contributed by atoms with E-state index in [9.17, 15) is 8.42 Å². The summed E-state index contributed by atoms with van der Waals surface area (Å²) in [6.07, 6.45) is 0.974. The van der Waals surface area contributed by atoms with Gasteiger partial charge in [-0.1, -0.05) is 6.07 Å². The fourth-order valence-electron chi connectivity index (χ4n) is 3.12. The van der Waals surface area contributed by atoms with Crippen LogP contribution in [0.4, 0.5) is 0 Å². The summed E-state index contributed by atoms with van der Waals surface area (Å²) in [5.74, 6) is 0.487. The molecule has 0 saturated carbocycles. The molecular weight excluding hydrogens is 260 g/mol. The molecule has 104 valence electrons. The molecule has 2 fully saturated rings. The Kier molecular flexibility index (Phi) is 3.15. The van der Waals surface area contributed by atoms with Crippen molar-refractivity contribution in [2.45, 2.75) is 31.2 Å². The topological polar surface area (TPSA) is 49.4 Å². The Hall–Kier alpha value is -0.910. The molecule has 0 aliphatic carbocycles. The van der Waals surface area contributed by atoms with Crippen molar-refractivity contribution in [3.8, 4) is 0 Å². The Bertz CT molecular complexity index is 597. The van der Waals surface area contributed by atoms with Crippen LogP contribution in [0, 0.1) is 19.8 Å². The van der Waals surface area contributed by atoms with Gasteiger partial charge in [0.05, 0.1) is 4.90 Å². The summed E-state index contributed by atoms with van der Waals surface area (Å²) in [6.45, 7) is 6.35. The predicted octanol–water partition coefficient (Wildman–Crippen LogP) is 1.29. The summed E-state index contributed by atoms with van der Waals surface area (Å²) in [7, 11) is -3.34. The molecule has 2 atom stereocenters. The third-order valence-electron chi connectivity index (χ3n) is 4.48. The van der Waals surface area contributed by atoms with Crippen LogP contribution < -0.4 is 5.32 Å². The molecule has 5 heteroatoms. The summed E-state index contributed by atoms with van der Waals surface area (Å²) in [4.78, 5) is 0.433. The van der Waals surface area contributed by atoms with Gasteiger partial charge in [-0.3, -0.25) is 0 Å². The van der Waals surface area contributed by atoms with Gasteiger partial charge < -0.3 is 5.32 Å². The highest BCUT2D eigenvalue weighted by molar-refractivity contribution is 7.89. The van der Waals surface area contributed by atoms with Gasteiger partial charge >= 0.3 is 0 Å². The van der Waals surface area contributed by atoms with E-state index in [4.69, 9.17) is 0 Å². The lowest BCUT2D eigenvalue weighted by Gasteiger charge is -2.23. The fraction of sp³-hybridized carbons (Fsp3) is 0.571. The van der Waals surface area contributed by atoms with Crippen molar-refractivity contribution in [2.75, 3.05) is 19.6 Å². The molecule has 0 bridgehead atoms. The minimum absolute atomic E-state index is 0.145. The van der Waals surface area contributed by atoms with Crippen LogP contribution in [0.1, 0.15) is 17.5 Å². The minimum atomic E-state index is -3.34. The first kappa shape index (κ1) is 13.1. The Morgan fingerprint density at radius 2 is 2.00 bits per heavy atom. The first-order valence-electron chi connectivity index (χ1n) is 6.80. The van der Waals surface area contributed by atoms with Gasteiger partial charge in [0.2, 0.25) is 10.0 Å². The summed E-state index contributed by atoms with van der Waals surface area (Å²) >= 11 is 0. The summed E-state index contributed by atoms with van der Waals surface area (Å²) in [5.41, 5.74) is 2.15. The Morgan fingerprint density at radius 3 is 2.74 bits per heavy atom. The molecule has 1 N–H and O–H groups in total. The van der Waals surface area contributed by atoms with Gasteiger partial charge in [0.15, 0.2) is 0 Å². The van der Waals surface area contributed by atoms with E-state index in [0.717, 1.165) is 30.6 Å². The molecule has 0 unspecified atom stereocenters. The van der Waals surface area contributed by atoms with Crippen LogP contribution in [0.25, 0.3) is 0 Å². The Labute approximate surface area is 114 Å². The van der Waals surface area contributed by atoms with Crippen LogP contribution in [0.2, 0.25) is 0 Å². The van der Waals surface area contributed by atoms with E-state index in [2.05, 4.69) is 5.32 Å². The van der Waals surface area contributed by atoms with Gasteiger partial charge in [-0.25, -0.2) is 8.42 Å². The quantitative estimate of drug-likeness (QED) is 0.888. The van der Waals surface area contributed by atoms with Crippen molar-refractivity contribution in [2.24, 2.45) is 5.92 Å². The maximum atomic E-state index is 12.7. The predicted molar refractivity (Wildman–Crippen MR) is 74.6 cm³/mol. The molecule has 0 amide bonds. The smallest absolute Gasteiger partial charge is 0.243 e. The van der Waals surface area contributed by atoms with Crippen LogP contribution in [0.5, 0.6) is 0 Å². The average molecular weight is 280 g/mol. The number of hydrogen-bond acceptors (Lipinski definition) is 3. The van der Waals surface area contributed by atoms with Crippen molar-refractivity contribution in [3.63, 3.8) is 0 Å². The number of rotatable bonds is 2. The minimum Gasteiger partial charge on any atom is -0.315 e. The van der Waals surface area contributed by atoms with Crippen molar-refractivity contribution in [1.29, 1.82) is 0 Å². The van der Waals surface area contributed by atoms with Crippen LogP contribution >= 0.6 is 0 Å². The van der Waals surface area contributed by atoms with E-state index in [1.54, 1.807) is 16.4 Å². The number of sulfonamides is 1. The number of nitrogens with zero attached hydrogens (tertiary/aromatic N) is 1. The van der Waals surface area contributed by atoms with Crippen LogP contribution in [-0.2, 0) is 10.0 Å². The van der Waals surface area contributed by atoms with Crippen molar-refractivity contribution < 1.29 is 8.42 Å². The van der Waals surface area contributed by atoms with Gasteiger partial charge in [-0.05, 0) is 56.0 Å². The Morgan fingerprint density at radius 1 is 1.21 bits per heavy atom. The molecule has 0 spiro atoms. The highest BCUT2D eigenvalue weighted by atomic mass is 32.2. The maximum absolute atomic E-state index is 12.7. The molecule has 2 heterocycles. The van der Waals surface area contributed by atoms with Crippen LogP contribution in [0.3, 0.4) is 0 Å². The Balaban J connectivity index is 1.96. The second-order valence-corrected chi connectivity index (χ2v) is 7.53. The largest absolute Gasteiger partial charge is 0.315 e. The van der Waals surface area contributed by atoms with Gasteiger partial charge in [-0.2, -0.15) is 4.31 Å². The standard InChI is InChI=1S/C14H20N2O2S/c1-10-3-4-13(7-11(10)2)19(17,18)16-6-5-12-8-15-9-14(12)16/h3-4,7,12,14-15H,5-6,8-9H2,1-2H3/t12-,14+/m0/s1. The molecule has 4 nitrogen and oxygen atoms in total. The van der Waals surface area contributed by atoms with Crippen molar-refractivity contribution in [3.05, 3.63) is 29.3 Å². The van der Waals surface area contributed by atoms with E-state index < -0.39 is 10.0 Å². The zero-order valence-electron chi connectivity index (χ0n) is 11.4. The summed E-state index contributed by atoms with van der Waals surface area (Å²) in [6, 6.07) is 5.56. The molecule has 19 heavy (non-hydrogen) atoms. The van der Waals surface area contributed by atoms with E-state index in [-0.39, 0.29) is 6.04 Å². The second-order valence-electron chi connectivity index (χ2n) is 5.64. The third-order valence-corrected chi connectivity index (χ3v) is 6.40. The molecular formula is C14H20N2O2S. The first-order chi connectivity index (χ1) is 9.00. The average Bonchev–Trinajstić information content (AvgIpc) is 2.94. The summed E-state index contributed by atoms with van der Waals surface area (Å²) < 4.78 is 27.2. The van der Waals surface area contributed by atoms with Gasteiger partial charge in [0.1, 0.15) is 0 Å². The molecule has 0 aromatic heterocycles. The second kappa shape index (κ2) is 4.58. The van der Waals surface area contributed by atoms with Crippen LogP contribution in [-0.4, -0.2) is 38.4 Å². The molecule has 2 saturated heterocycles. The SMILES string of the molecule is Cc1ccc(S(=O)(=O)N2CC[C@H]3CNC[C@H]32)cc1C. The van der Waals surface area contributed by atoms with E-state index in [1.807, 2.05) is 19.9 Å². The maximum Gasteiger partial charge on any atom is 0.243 e. The van der Waals surface area contributed by atoms with Crippen LogP contribution in [0.15, 0.2) is 23.1 Å².